The van der Waals surface area contributed by atoms with E-state index in [1.807, 2.05) is 49.4 Å². The number of carbonyl (C=O) groups is 1. The summed E-state index contributed by atoms with van der Waals surface area (Å²) in [5.41, 5.74) is 2.29. The van der Waals surface area contributed by atoms with E-state index in [2.05, 4.69) is 47.8 Å². The Hall–Kier alpha value is -2.67. The minimum Gasteiger partial charge on any atom is -0.404 e. The van der Waals surface area contributed by atoms with E-state index >= 15 is 0 Å². The summed E-state index contributed by atoms with van der Waals surface area (Å²) >= 11 is 0. The Morgan fingerprint density at radius 1 is 1.08 bits per heavy atom. The molecular formula is C31H40BNO4. The molecule has 5 atom stereocenters. The molecule has 1 aliphatic heterocycles. The molecule has 5 nitrogen and oxygen atoms in total. The summed E-state index contributed by atoms with van der Waals surface area (Å²) in [6, 6.07) is 20.4. The summed E-state index contributed by atoms with van der Waals surface area (Å²) in [4.78, 5) is 11.7. The number of unbranched alkanes of at least 4 members (excludes halogenated alkanes) is 1. The lowest BCUT2D eigenvalue weighted by molar-refractivity contribution is -0.121. The normalized spacial score (nSPS) is 24.1. The number of carbonyl (C=O) groups excluding carboxylic acids is 1. The van der Waals surface area contributed by atoms with Crippen LogP contribution in [-0.2, 0) is 20.5 Å². The van der Waals surface area contributed by atoms with Gasteiger partial charge in [0.15, 0.2) is 0 Å². The number of nitrogens with one attached hydrogen (secondary N) is 1. The second kappa shape index (κ2) is 14.3. The summed E-state index contributed by atoms with van der Waals surface area (Å²) in [6.45, 7) is 2.62. The number of hydrogen-bond acceptors (Lipinski definition) is 4. The van der Waals surface area contributed by atoms with Crippen LogP contribution in [0.25, 0.3) is 0 Å². The van der Waals surface area contributed by atoms with Crippen molar-refractivity contribution in [2.75, 3.05) is 6.54 Å². The zero-order valence-electron chi connectivity index (χ0n) is 21.9. The van der Waals surface area contributed by atoms with E-state index in [1.54, 1.807) is 0 Å². The highest BCUT2D eigenvalue weighted by atomic mass is 16.6. The third-order valence-electron chi connectivity index (χ3n) is 7.38. The number of aliphatic hydroxyl groups excluding tert-OH is 1. The third-order valence-corrected chi connectivity index (χ3v) is 7.38. The molecular weight excluding hydrogens is 461 g/mol. The standard InChI is InChI=1S/C31H40BNO4/c1-2-33-31(35)18-12-4-3-11-17-27-28(22-21-26(34)20-19-24-13-7-5-8-14-24)30-23-29(27)36-32(37-30)25-15-9-6-10-16-25/h3,5-11,13-16,21-22,26-30,34H,2,4,12,17-20,23H2,1H3,(H,33,35)/b11-3-,22-21+/t26-,27+,28+,29-,30+/m0/s1. The summed E-state index contributed by atoms with van der Waals surface area (Å²) in [6.07, 6.45) is 13.8. The number of fused-ring (bicyclic) bond motifs is 2. The largest absolute Gasteiger partial charge is 0.494 e. The van der Waals surface area contributed by atoms with Crippen molar-refractivity contribution in [3.05, 3.63) is 90.5 Å². The van der Waals surface area contributed by atoms with Crippen LogP contribution in [0.1, 0.15) is 51.0 Å². The quantitative estimate of drug-likeness (QED) is 0.239. The van der Waals surface area contributed by atoms with Gasteiger partial charge in [-0.25, -0.2) is 0 Å². The Labute approximate surface area is 222 Å². The summed E-state index contributed by atoms with van der Waals surface area (Å²) in [5.74, 6) is 0.593. The molecule has 2 fully saturated rings. The molecule has 2 aromatic carbocycles. The van der Waals surface area contributed by atoms with Gasteiger partial charge in [0.1, 0.15) is 0 Å². The number of hydrogen-bond donors (Lipinski definition) is 2. The topological polar surface area (TPSA) is 67.8 Å². The lowest BCUT2D eigenvalue weighted by atomic mass is 9.77. The average Bonchev–Trinajstić information content (AvgIpc) is 3.17. The zero-order chi connectivity index (χ0) is 25.9. The van der Waals surface area contributed by atoms with Crippen LogP contribution in [-0.4, -0.2) is 43.0 Å². The van der Waals surface area contributed by atoms with Crippen LogP contribution in [0, 0.1) is 11.8 Å². The van der Waals surface area contributed by atoms with E-state index in [0.29, 0.717) is 19.4 Å². The molecule has 1 aliphatic carbocycles. The highest BCUT2D eigenvalue weighted by molar-refractivity contribution is 6.61. The molecule has 2 bridgehead atoms. The summed E-state index contributed by atoms with van der Waals surface area (Å²) in [7, 11) is -0.352. The van der Waals surface area contributed by atoms with Gasteiger partial charge in [0.05, 0.1) is 12.2 Å². The number of aliphatic hydroxyl groups is 1. The van der Waals surface area contributed by atoms with Crippen LogP contribution < -0.4 is 10.8 Å². The number of benzene rings is 2. The van der Waals surface area contributed by atoms with E-state index in [4.69, 9.17) is 9.31 Å². The molecule has 2 N–H and O–H groups in total. The number of rotatable bonds is 13. The predicted octanol–water partition coefficient (Wildman–Crippen LogP) is 4.60. The maximum Gasteiger partial charge on any atom is 0.494 e. The number of amides is 1. The minimum atomic E-state index is -0.489. The fourth-order valence-corrected chi connectivity index (χ4v) is 5.43. The maximum atomic E-state index is 11.7. The highest BCUT2D eigenvalue weighted by Crippen LogP contribution is 2.43. The van der Waals surface area contributed by atoms with Crippen molar-refractivity contribution >= 4 is 18.5 Å². The minimum absolute atomic E-state index is 0.0673. The Balaban J connectivity index is 1.37. The lowest BCUT2D eigenvalue weighted by Crippen LogP contribution is -2.45. The molecule has 196 valence electrons. The molecule has 1 saturated carbocycles. The Kier molecular flexibility index (Phi) is 10.6. The summed E-state index contributed by atoms with van der Waals surface area (Å²) < 4.78 is 12.9. The Morgan fingerprint density at radius 2 is 1.81 bits per heavy atom. The van der Waals surface area contributed by atoms with E-state index in [0.717, 1.165) is 37.6 Å². The lowest BCUT2D eigenvalue weighted by Gasteiger charge is -2.28. The Bertz CT molecular complexity index is 1010. The van der Waals surface area contributed by atoms with Gasteiger partial charge < -0.3 is 19.7 Å². The third kappa shape index (κ3) is 8.16. The molecule has 4 rings (SSSR count). The number of allylic oxidation sites excluding steroid dienone is 2. The average molecular weight is 501 g/mol. The molecule has 37 heavy (non-hydrogen) atoms. The second-order valence-corrected chi connectivity index (χ2v) is 10.1. The Morgan fingerprint density at radius 3 is 2.57 bits per heavy atom. The molecule has 1 heterocycles. The predicted molar refractivity (Wildman–Crippen MR) is 149 cm³/mol. The maximum absolute atomic E-state index is 11.7. The first-order chi connectivity index (χ1) is 18.1. The fraction of sp³-hybridized carbons (Fsp3) is 0.452. The zero-order valence-corrected chi connectivity index (χ0v) is 21.9. The van der Waals surface area contributed by atoms with Gasteiger partial charge in [0.25, 0.3) is 0 Å². The van der Waals surface area contributed by atoms with Crippen molar-refractivity contribution in [2.45, 2.75) is 70.2 Å². The fourth-order valence-electron chi connectivity index (χ4n) is 5.43. The molecule has 6 heteroatoms. The van der Waals surface area contributed by atoms with Gasteiger partial charge in [0.2, 0.25) is 5.91 Å². The van der Waals surface area contributed by atoms with Crippen molar-refractivity contribution in [2.24, 2.45) is 11.8 Å². The number of aryl methyl sites for hydroxylation is 1. The van der Waals surface area contributed by atoms with Crippen LogP contribution in [0.15, 0.2) is 85.0 Å². The van der Waals surface area contributed by atoms with Crippen LogP contribution >= 0.6 is 0 Å². The molecule has 2 aromatic rings. The monoisotopic (exact) mass is 501 g/mol. The van der Waals surface area contributed by atoms with Gasteiger partial charge in [-0.1, -0.05) is 85.0 Å². The van der Waals surface area contributed by atoms with Crippen molar-refractivity contribution < 1.29 is 19.2 Å². The van der Waals surface area contributed by atoms with Crippen LogP contribution in [0.3, 0.4) is 0 Å². The molecule has 0 radical (unpaired) electrons. The smallest absolute Gasteiger partial charge is 0.404 e. The molecule has 0 aromatic heterocycles. The molecule has 1 amide bonds. The van der Waals surface area contributed by atoms with Gasteiger partial charge in [-0.05, 0) is 62.4 Å². The highest BCUT2D eigenvalue weighted by Gasteiger charge is 2.50. The second-order valence-electron chi connectivity index (χ2n) is 10.1. The van der Waals surface area contributed by atoms with Crippen molar-refractivity contribution in [1.29, 1.82) is 0 Å². The van der Waals surface area contributed by atoms with E-state index in [9.17, 15) is 9.90 Å². The van der Waals surface area contributed by atoms with Crippen LogP contribution in [0.4, 0.5) is 0 Å². The first-order valence-corrected chi connectivity index (χ1v) is 13.8. The molecule has 2 aliphatic rings. The first kappa shape index (κ1) is 27.4. The van der Waals surface area contributed by atoms with Gasteiger partial charge >= 0.3 is 7.12 Å². The van der Waals surface area contributed by atoms with Gasteiger partial charge in [-0.15, -0.1) is 0 Å². The SMILES string of the molecule is CCNC(=O)CCC/C=C\C[C@@H]1[C@@H](/C=C/[C@@H](O)CCc2ccccc2)[C@H]2C[C@@H]1OB(c1ccccc1)O2. The van der Waals surface area contributed by atoms with E-state index in [-0.39, 0.29) is 37.1 Å². The van der Waals surface area contributed by atoms with Crippen LogP contribution in [0.2, 0.25) is 0 Å². The van der Waals surface area contributed by atoms with Gasteiger partial charge in [-0.3, -0.25) is 4.79 Å². The van der Waals surface area contributed by atoms with E-state index in [1.165, 1.54) is 5.56 Å². The van der Waals surface area contributed by atoms with Gasteiger partial charge in [0, 0.05) is 25.0 Å². The molecule has 0 unspecified atom stereocenters. The van der Waals surface area contributed by atoms with Crippen LogP contribution in [0.5, 0.6) is 0 Å². The van der Waals surface area contributed by atoms with Crippen molar-refractivity contribution in [1.82, 2.24) is 5.32 Å². The molecule has 1 saturated heterocycles. The van der Waals surface area contributed by atoms with E-state index < -0.39 is 6.10 Å². The molecule has 0 spiro atoms. The first-order valence-electron chi connectivity index (χ1n) is 13.8. The summed E-state index contributed by atoms with van der Waals surface area (Å²) in [5, 5.41) is 13.5. The van der Waals surface area contributed by atoms with Crippen molar-refractivity contribution in [3.63, 3.8) is 0 Å². The van der Waals surface area contributed by atoms with Gasteiger partial charge in [-0.2, -0.15) is 0 Å². The van der Waals surface area contributed by atoms with Crippen molar-refractivity contribution in [3.8, 4) is 0 Å².